The summed E-state index contributed by atoms with van der Waals surface area (Å²) in [6, 6.07) is -0.666. The molecule has 1 aliphatic rings. The van der Waals surface area contributed by atoms with Crippen molar-refractivity contribution in [3.05, 3.63) is 0 Å². The van der Waals surface area contributed by atoms with Gasteiger partial charge in [-0.15, -0.1) is 0 Å². The Hall–Kier alpha value is -1.26. The first-order chi connectivity index (χ1) is 5.20. The quantitative estimate of drug-likeness (QED) is 0.526. The molecule has 11 heavy (non-hydrogen) atoms. The van der Waals surface area contributed by atoms with E-state index in [4.69, 9.17) is 5.11 Å². The smallest absolute Gasteiger partial charge is 0.405 e. The van der Waals surface area contributed by atoms with Gasteiger partial charge < -0.3 is 15.2 Å². The van der Waals surface area contributed by atoms with Gasteiger partial charge in [0.25, 0.3) is 0 Å². The molecule has 1 unspecified atom stereocenters. The van der Waals surface area contributed by atoms with Crippen LogP contribution in [0.25, 0.3) is 0 Å². The number of nitrogens with one attached hydrogen (secondary N) is 1. The van der Waals surface area contributed by atoms with Gasteiger partial charge in [0.05, 0.1) is 6.61 Å². The maximum atomic E-state index is 10.8. The molecule has 0 aliphatic carbocycles. The van der Waals surface area contributed by atoms with Crippen LogP contribution in [0.4, 0.5) is 4.79 Å². The van der Waals surface area contributed by atoms with E-state index in [1.807, 2.05) is 0 Å². The molecule has 0 bridgehead atoms. The van der Waals surface area contributed by atoms with Crippen LogP contribution in [-0.2, 0) is 9.53 Å². The van der Waals surface area contributed by atoms with Gasteiger partial charge in [-0.05, 0) is 12.8 Å². The molecule has 0 spiro atoms. The minimum absolute atomic E-state index is 0.399. The molecule has 0 aromatic heterocycles. The second kappa shape index (κ2) is 3.23. The maximum Gasteiger partial charge on any atom is 0.405 e. The highest BCUT2D eigenvalue weighted by Gasteiger charge is 2.24. The third-order valence-electron chi connectivity index (χ3n) is 1.46. The van der Waals surface area contributed by atoms with Crippen LogP contribution in [0.1, 0.15) is 12.8 Å². The van der Waals surface area contributed by atoms with Gasteiger partial charge >= 0.3 is 12.1 Å². The minimum atomic E-state index is -1.19. The second-order valence-corrected chi connectivity index (χ2v) is 2.31. The summed E-state index contributed by atoms with van der Waals surface area (Å²) in [5.74, 6) is -0.473. The average Bonchev–Trinajstić information content (AvgIpc) is 1.93. The van der Waals surface area contributed by atoms with Crippen LogP contribution in [0.3, 0.4) is 0 Å². The third kappa shape index (κ3) is 2.10. The monoisotopic (exact) mass is 159 g/mol. The zero-order chi connectivity index (χ0) is 8.27. The highest BCUT2D eigenvalue weighted by molar-refractivity contribution is 5.81. The van der Waals surface area contributed by atoms with Crippen molar-refractivity contribution >= 4 is 12.1 Å². The first-order valence-corrected chi connectivity index (χ1v) is 3.36. The molecule has 1 atom stereocenters. The summed E-state index contributed by atoms with van der Waals surface area (Å²) in [6.45, 7) is 0.399. The number of amides is 1. The van der Waals surface area contributed by atoms with E-state index < -0.39 is 18.1 Å². The number of carbonyl (C=O) groups excluding carboxylic acids is 1. The summed E-state index contributed by atoms with van der Waals surface area (Å²) < 4.78 is 4.63. The predicted molar refractivity (Wildman–Crippen MR) is 35.1 cm³/mol. The molecule has 1 fully saturated rings. The normalized spacial score (nSPS) is 24.0. The molecule has 0 aromatic rings. The molecule has 0 radical (unpaired) electrons. The van der Waals surface area contributed by atoms with E-state index in [1.165, 1.54) is 0 Å². The molecular formula is C6H9NO4. The molecule has 0 aromatic carbocycles. The van der Waals surface area contributed by atoms with Crippen molar-refractivity contribution in [1.82, 2.24) is 5.32 Å². The lowest BCUT2D eigenvalue weighted by Crippen LogP contribution is -2.43. The van der Waals surface area contributed by atoms with Gasteiger partial charge in [0, 0.05) is 0 Å². The Labute approximate surface area is 63.3 Å². The molecule has 2 N–H and O–H groups in total. The average molecular weight is 159 g/mol. The van der Waals surface area contributed by atoms with Crippen molar-refractivity contribution < 1.29 is 19.4 Å². The number of esters is 1. The lowest BCUT2D eigenvalue weighted by molar-refractivity contribution is -0.149. The number of carbonyl (C=O) groups is 2. The summed E-state index contributed by atoms with van der Waals surface area (Å²) in [6.07, 6.45) is 0.0656. The molecule has 0 saturated carbocycles. The van der Waals surface area contributed by atoms with Gasteiger partial charge in [-0.3, -0.25) is 0 Å². The Morgan fingerprint density at radius 1 is 1.73 bits per heavy atom. The van der Waals surface area contributed by atoms with Gasteiger partial charge in [0.1, 0.15) is 6.04 Å². The van der Waals surface area contributed by atoms with Crippen molar-refractivity contribution in [2.24, 2.45) is 0 Å². The van der Waals surface area contributed by atoms with Crippen molar-refractivity contribution in [3.8, 4) is 0 Å². The summed E-state index contributed by atoms with van der Waals surface area (Å²) in [5, 5.41) is 10.3. The lowest BCUT2D eigenvalue weighted by Gasteiger charge is -2.20. The molecule has 62 valence electrons. The summed E-state index contributed by atoms with van der Waals surface area (Å²) >= 11 is 0. The van der Waals surface area contributed by atoms with Crippen LogP contribution in [0.2, 0.25) is 0 Å². The van der Waals surface area contributed by atoms with Crippen molar-refractivity contribution in [2.45, 2.75) is 18.9 Å². The van der Waals surface area contributed by atoms with Crippen molar-refractivity contribution in [1.29, 1.82) is 0 Å². The fourth-order valence-electron chi connectivity index (χ4n) is 0.959. The maximum absolute atomic E-state index is 10.8. The fourth-order valence-corrected chi connectivity index (χ4v) is 0.959. The number of ether oxygens (including phenoxy) is 1. The largest absolute Gasteiger partial charge is 0.465 e. The number of cyclic esters (lactones) is 1. The molecule has 1 aliphatic heterocycles. The summed E-state index contributed by atoms with van der Waals surface area (Å²) in [5.41, 5.74) is 0. The first-order valence-electron chi connectivity index (χ1n) is 3.36. The second-order valence-electron chi connectivity index (χ2n) is 2.31. The molecule has 5 nitrogen and oxygen atoms in total. The zero-order valence-electron chi connectivity index (χ0n) is 5.87. The van der Waals surface area contributed by atoms with Crippen LogP contribution >= 0.6 is 0 Å². The predicted octanol–water partition coefficient (Wildman–Crippen LogP) is -0.0404. The van der Waals surface area contributed by atoms with E-state index in [9.17, 15) is 9.59 Å². The first kappa shape index (κ1) is 7.84. The summed E-state index contributed by atoms with van der Waals surface area (Å²) in [4.78, 5) is 20.9. The van der Waals surface area contributed by atoms with Crippen LogP contribution < -0.4 is 5.32 Å². The highest BCUT2D eigenvalue weighted by atomic mass is 16.5. The van der Waals surface area contributed by atoms with E-state index in [0.717, 1.165) is 6.42 Å². The Bertz CT molecular complexity index is 179. The van der Waals surface area contributed by atoms with Crippen LogP contribution in [0.5, 0.6) is 0 Å². The molecule has 1 amide bonds. The number of carboxylic acid groups (broad SMARTS) is 1. The summed E-state index contributed by atoms with van der Waals surface area (Å²) in [7, 11) is 0. The Morgan fingerprint density at radius 3 is 3.00 bits per heavy atom. The van der Waals surface area contributed by atoms with Gasteiger partial charge in [-0.1, -0.05) is 0 Å². The van der Waals surface area contributed by atoms with E-state index in [1.54, 1.807) is 0 Å². The lowest BCUT2D eigenvalue weighted by atomic mass is 10.1. The van der Waals surface area contributed by atoms with Crippen LogP contribution in [0, 0.1) is 0 Å². The van der Waals surface area contributed by atoms with Gasteiger partial charge in [0.2, 0.25) is 0 Å². The number of hydrogen-bond acceptors (Lipinski definition) is 3. The molecule has 1 heterocycles. The Balaban J connectivity index is 2.42. The Kier molecular flexibility index (Phi) is 2.30. The van der Waals surface area contributed by atoms with Crippen LogP contribution in [0.15, 0.2) is 0 Å². The van der Waals surface area contributed by atoms with Gasteiger partial charge in [0.15, 0.2) is 0 Å². The van der Waals surface area contributed by atoms with E-state index in [0.29, 0.717) is 13.0 Å². The number of hydrogen-bond donors (Lipinski definition) is 2. The van der Waals surface area contributed by atoms with Gasteiger partial charge in [-0.25, -0.2) is 9.59 Å². The van der Waals surface area contributed by atoms with Crippen LogP contribution in [-0.4, -0.2) is 29.8 Å². The van der Waals surface area contributed by atoms with Crippen molar-refractivity contribution in [3.63, 3.8) is 0 Å². The fraction of sp³-hybridized carbons (Fsp3) is 0.667. The molecule has 5 heteroatoms. The zero-order valence-corrected chi connectivity index (χ0v) is 5.87. The Morgan fingerprint density at radius 2 is 2.45 bits per heavy atom. The molecule has 1 rings (SSSR count). The third-order valence-corrected chi connectivity index (χ3v) is 1.46. The minimum Gasteiger partial charge on any atom is -0.465 e. The topological polar surface area (TPSA) is 75.6 Å². The van der Waals surface area contributed by atoms with Crippen molar-refractivity contribution in [2.75, 3.05) is 6.61 Å². The molecule has 1 saturated heterocycles. The standard InChI is InChI=1S/C6H9NO4/c8-5-4(7-6(9)10)2-1-3-11-5/h4,7H,1-3H2,(H,9,10). The highest BCUT2D eigenvalue weighted by Crippen LogP contribution is 2.06. The van der Waals surface area contributed by atoms with E-state index in [-0.39, 0.29) is 0 Å². The number of rotatable bonds is 1. The van der Waals surface area contributed by atoms with Gasteiger partial charge in [-0.2, -0.15) is 0 Å². The SMILES string of the molecule is O=C(O)NC1CCCOC1=O. The van der Waals surface area contributed by atoms with E-state index in [2.05, 4.69) is 10.1 Å². The van der Waals surface area contributed by atoms with E-state index >= 15 is 0 Å². The molecular weight excluding hydrogens is 150 g/mol.